The molecule has 0 aliphatic rings. The molecule has 0 radical (unpaired) electrons. The number of aryl methyl sites for hydroxylation is 1. The van der Waals surface area contributed by atoms with Crippen LogP contribution in [0.5, 0.6) is 0 Å². The molecule has 0 saturated heterocycles. The van der Waals surface area contributed by atoms with Gasteiger partial charge in [0, 0.05) is 17.5 Å². The fourth-order valence-electron chi connectivity index (χ4n) is 0.806. The van der Waals surface area contributed by atoms with Crippen molar-refractivity contribution in [3.63, 3.8) is 0 Å². The molecule has 0 aromatic heterocycles. The molecular weight excluding hydrogens is 174 g/mol. The summed E-state index contributed by atoms with van der Waals surface area (Å²) in [7, 11) is 0. The first kappa shape index (κ1) is 8.87. The van der Waals surface area contributed by atoms with Crippen molar-refractivity contribution >= 4 is 23.4 Å². The van der Waals surface area contributed by atoms with Gasteiger partial charge < -0.3 is 11.1 Å². The Morgan fingerprint density at radius 3 is 2.50 bits per heavy atom. The highest BCUT2D eigenvalue weighted by Gasteiger charge is 1.92. The summed E-state index contributed by atoms with van der Waals surface area (Å²) >= 11 is 5.13. The summed E-state index contributed by atoms with van der Waals surface area (Å²) in [5.74, 6) is 0.195. The second kappa shape index (κ2) is 3.97. The number of hydrogen-bond acceptors (Lipinski definition) is 1. The lowest BCUT2D eigenvalue weighted by Gasteiger charge is -2.03. The van der Waals surface area contributed by atoms with E-state index in [0.717, 1.165) is 5.69 Å². The Hall–Kier alpha value is -1.22. The van der Waals surface area contributed by atoms with Crippen molar-refractivity contribution in [1.29, 1.82) is 0 Å². The van der Waals surface area contributed by atoms with E-state index >= 15 is 0 Å². The third kappa shape index (κ3) is 2.43. The molecule has 0 unspecified atom stereocenters. The molecule has 0 spiro atoms. The number of anilines is 1. The molecular formula is C8H10ClN3. The van der Waals surface area contributed by atoms with E-state index in [-0.39, 0.29) is 5.96 Å². The third-order valence-corrected chi connectivity index (χ3v) is 1.60. The smallest absolute Gasteiger partial charge is 0.210 e. The summed E-state index contributed by atoms with van der Waals surface area (Å²) in [4.78, 5) is 0. The monoisotopic (exact) mass is 183 g/mol. The maximum Gasteiger partial charge on any atom is 0.210 e. The Kier molecular flexibility index (Phi) is 2.94. The van der Waals surface area contributed by atoms with Crippen molar-refractivity contribution in [1.82, 2.24) is 0 Å². The van der Waals surface area contributed by atoms with E-state index in [2.05, 4.69) is 9.83 Å². The molecule has 3 nitrogen and oxygen atoms in total. The summed E-state index contributed by atoms with van der Waals surface area (Å²) in [6.45, 7) is 2.02. The van der Waals surface area contributed by atoms with Crippen LogP contribution in [0.3, 0.4) is 0 Å². The second-order valence-electron chi connectivity index (χ2n) is 2.46. The van der Waals surface area contributed by atoms with E-state index in [0.29, 0.717) is 0 Å². The highest BCUT2D eigenvalue weighted by atomic mass is 35.5. The number of halogens is 1. The Morgan fingerprint density at radius 1 is 1.42 bits per heavy atom. The van der Waals surface area contributed by atoms with E-state index in [9.17, 15) is 0 Å². The molecule has 0 saturated carbocycles. The van der Waals surface area contributed by atoms with Crippen LogP contribution in [0.25, 0.3) is 0 Å². The molecule has 1 aromatic carbocycles. The van der Waals surface area contributed by atoms with Gasteiger partial charge in [-0.05, 0) is 19.1 Å². The topological polar surface area (TPSA) is 50.4 Å². The van der Waals surface area contributed by atoms with Crippen LogP contribution in [-0.2, 0) is 0 Å². The first-order valence-corrected chi connectivity index (χ1v) is 3.84. The standard InChI is InChI=1S/C8H10ClN3/c1-6-2-4-7(5-3-6)11-8(10)12-9/h2-5H,1H3,(H3,10,11,12). The van der Waals surface area contributed by atoms with Gasteiger partial charge in [0.05, 0.1) is 0 Å². The molecule has 64 valence electrons. The zero-order valence-corrected chi connectivity index (χ0v) is 7.47. The molecule has 3 N–H and O–H groups in total. The summed E-state index contributed by atoms with van der Waals surface area (Å²) in [6, 6.07) is 7.77. The van der Waals surface area contributed by atoms with Gasteiger partial charge in [0.1, 0.15) is 0 Å². The second-order valence-corrected chi connectivity index (χ2v) is 2.63. The van der Waals surface area contributed by atoms with Crippen LogP contribution in [0.2, 0.25) is 0 Å². The van der Waals surface area contributed by atoms with Gasteiger partial charge in [0.2, 0.25) is 5.96 Å². The number of benzene rings is 1. The molecule has 0 aliphatic heterocycles. The van der Waals surface area contributed by atoms with E-state index < -0.39 is 0 Å². The van der Waals surface area contributed by atoms with Crippen LogP contribution in [0, 0.1) is 6.92 Å². The quantitative estimate of drug-likeness (QED) is 0.516. The number of rotatable bonds is 1. The van der Waals surface area contributed by atoms with Crippen LogP contribution >= 0.6 is 11.8 Å². The van der Waals surface area contributed by atoms with Crippen molar-refractivity contribution in [2.45, 2.75) is 6.92 Å². The highest BCUT2D eigenvalue weighted by Crippen LogP contribution is 2.07. The predicted octanol–water partition coefficient (Wildman–Crippen LogP) is 1.88. The Bertz CT molecular complexity index is 279. The number of nitrogens with zero attached hydrogens (tertiary/aromatic N) is 1. The van der Waals surface area contributed by atoms with Crippen molar-refractivity contribution in [2.24, 2.45) is 10.2 Å². The maximum absolute atomic E-state index is 5.35. The van der Waals surface area contributed by atoms with E-state index in [4.69, 9.17) is 17.5 Å². The molecule has 0 heterocycles. The molecule has 0 amide bonds. The summed E-state index contributed by atoms with van der Waals surface area (Å²) in [5.41, 5.74) is 7.42. The number of hydrogen-bond donors (Lipinski definition) is 2. The van der Waals surface area contributed by atoms with E-state index in [1.807, 2.05) is 31.2 Å². The van der Waals surface area contributed by atoms with Crippen LogP contribution in [0.4, 0.5) is 5.69 Å². The number of nitrogens with two attached hydrogens (primary N) is 1. The van der Waals surface area contributed by atoms with Crippen LogP contribution in [0.1, 0.15) is 5.56 Å². The van der Waals surface area contributed by atoms with Crippen molar-refractivity contribution < 1.29 is 0 Å². The van der Waals surface area contributed by atoms with Crippen LogP contribution < -0.4 is 11.1 Å². The zero-order valence-electron chi connectivity index (χ0n) is 6.71. The highest BCUT2D eigenvalue weighted by molar-refractivity contribution is 6.20. The van der Waals surface area contributed by atoms with Gasteiger partial charge in [-0.3, -0.25) is 0 Å². The Labute approximate surface area is 76.4 Å². The minimum absolute atomic E-state index is 0.195. The van der Waals surface area contributed by atoms with Crippen molar-refractivity contribution in [3.05, 3.63) is 29.8 Å². The fraction of sp³-hybridized carbons (Fsp3) is 0.125. The van der Waals surface area contributed by atoms with Gasteiger partial charge in [0.15, 0.2) is 0 Å². The SMILES string of the molecule is Cc1ccc(NC(N)=NCl)cc1. The summed E-state index contributed by atoms with van der Waals surface area (Å²) in [5, 5.41) is 2.81. The van der Waals surface area contributed by atoms with Gasteiger partial charge in [-0.25, -0.2) is 0 Å². The molecule has 0 atom stereocenters. The van der Waals surface area contributed by atoms with E-state index in [1.54, 1.807) is 0 Å². The number of nitrogens with one attached hydrogen (secondary N) is 1. The molecule has 0 fully saturated rings. The Morgan fingerprint density at radius 2 is 2.00 bits per heavy atom. The first-order valence-electron chi connectivity index (χ1n) is 3.50. The van der Waals surface area contributed by atoms with Crippen molar-refractivity contribution in [2.75, 3.05) is 5.32 Å². The van der Waals surface area contributed by atoms with Crippen LogP contribution in [-0.4, -0.2) is 5.96 Å². The predicted molar refractivity (Wildman–Crippen MR) is 52.3 cm³/mol. The first-order chi connectivity index (χ1) is 5.72. The molecule has 4 heteroatoms. The molecule has 1 rings (SSSR count). The van der Waals surface area contributed by atoms with E-state index in [1.165, 1.54) is 5.56 Å². The van der Waals surface area contributed by atoms with Gasteiger partial charge in [-0.1, -0.05) is 17.7 Å². The Balaban J connectivity index is 2.71. The van der Waals surface area contributed by atoms with Gasteiger partial charge >= 0.3 is 0 Å². The minimum Gasteiger partial charge on any atom is -0.369 e. The van der Waals surface area contributed by atoms with Gasteiger partial charge in [0.25, 0.3) is 0 Å². The number of guanidine groups is 1. The lowest BCUT2D eigenvalue weighted by molar-refractivity contribution is 1.45. The normalized spacial score (nSPS) is 11.3. The molecule has 12 heavy (non-hydrogen) atoms. The summed E-state index contributed by atoms with van der Waals surface area (Å²) in [6.07, 6.45) is 0. The minimum atomic E-state index is 0.195. The molecule has 1 aromatic rings. The van der Waals surface area contributed by atoms with Gasteiger partial charge in [-0.2, -0.15) is 0 Å². The third-order valence-electron chi connectivity index (χ3n) is 1.42. The maximum atomic E-state index is 5.35. The van der Waals surface area contributed by atoms with Crippen LogP contribution in [0.15, 0.2) is 28.8 Å². The average molecular weight is 184 g/mol. The summed E-state index contributed by atoms with van der Waals surface area (Å²) < 4.78 is 3.26. The molecule has 0 bridgehead atoms. The molecule has 0 aliphatic carbocycles. The average Bonchev–Trinajstić information content (AvgIpc) is 2.09. The fourth-order valence-corrected chi connectivity index (χ4v) is 0.848. The van der Waals surface area contributed by atoms with Gasteiger partial charge in [-0.15, -0.1) is 4.51 Å². The lowest BCUT2D eigenvalue weighted by Crippen LogP contribution is -2.21. The van der Waals surface area contributed by atoms with Crippen molar-refractivity contribution in [3.8, 4) is 0 Å². The zero-order chi connectivity index (χ0) is 8.97. The lowest BCUT2D eigenvalue weighted by atomic mass is 10.2. The largest absolute Gasteiger partial charge is 0.369 e.